The number of amides is 1. The molecule has 4 nitrogen and oxygen atoms in total. The minimum atomic E-state index is -0.341. The van der Waals surface area contributed by atoms with Crippen LogP contribution in [-0.4, -0.2) is 29.7 Å². The smallest absolute Gasteiger partial charge is 0.241 e. The van der Waals surface area contributed by atoms with E-state index in [0.717, 1.165) is 55.6 Å². The topological polar surface area (TPSA) is 49.4 Å². The molecular weight excluding hydrogens is 276 g/mol. The van der Waals surface area contributed by atoms with E-state index < -0.39 is 0 Å². The average Bonchev–Trinajstić information content (AvgIpc) is 2.71. The van der Waals surface area contributed by atoms with Crippen LogP contribution >= 0.6 is 0 Å². The highest BCUT2D eigenvalue weighted by Crippen LogP contribution is 2.48. The summed E-state index contributed by atoms with van der Waals surface area (Å²) in [4.78, 5) is 27.4. The van der Waals surface area contributed by atoms with Crippen molar-refractivity contribution in [1.29, 1.82) is 0 Å². The van der Waals surface area contributed by atoms with E-state index >= 15 is 0 Å². The lowest BCUT2D eigenvalue weighted by molar-refractivity contribution is -0.135. The number of nitrogens with zero attached hydrogens (tertiary/aromatic N) is 1. The Bertz CT molecular complexity index is 663. The minimum Gasteiger partial charge on any atom is -0.317 e. The Morgan fingerprint density at radius 2 is 1.95 bits per heavy atom. The summed E-state index contributed by atoms with van der Waals surface area (Å²) in [5.41, 5.74) is 3.70. The van der Waals surface area contributed by atoms with Gasteiger partial charge in [0.2, 0.25) is 5.91 Å². The number of Topliss-reactive ketones (excluding diaryl/α,β-unsaturated/α-hetero) is 1. The molecular formula is C18H22N2O2. The first kappa shape index (κ1) is 13.9. The summed E-state index contributed by atoms with van der Waals surface area (Å²) >= 11 is 0. The molecule has 0 aromatic carbocycles. The van der Waals surface area contributed by atoms with Crippen molar-refractivity contribution in [1.82, 2.24) is 10.2 Å². The Labute approximate surface area is 130 Å². The second-order valence-corrected chi connectivity index (χ2v) is 7.00. The number of piperidine rings is 1. The quantitative estimate of drug-likeness (QED) is 0.756. The van der Waals surface area contributed by atoms with Gasteiger partial charge in [-0.25, -0.2) is 0 Å². The van der Waals surface area contributed by atoms with Crippen molar-refractivity contribution >= 4 is 11.7 Å². The maximum absolute atomic E-state index is 13.1. The predicted octanol–water partition coefficient (Wildman–Crippen LogP) is 2.30. The molecule has 0 bridgehead atoms. The molecule has 1 spiro atoms. The Morgan fingerprint density at radius 1 is 1.23 bits per heavy atom. The molecule has 4 rings (SSSR count). The first-order chi connectivity index (χ1) is 10.5. The minimum absolute atomic E-state index is 0.0966. The van der Waals surface area contributed by atoms with Gasteiger partial charge in [-0.1, -0.05) is 11.6 Å². The summed E-state index contributed by atoms with van der Waals surface area (Å²) in [6, 6.07) is 0. The second-order valence-electron chi connectivity index (χ2n) is 7.00. The lowest BCUT2D eigenvalue weighted by atomic mass is 9.72. The van der Waals surface area contributed by atoms with Crippen LogP contribution < -0.4 is 5.32 Å². The molecule has 1 amide bonds. The number of nitrogens with one attached hydrogen (secondary N) is 1. The molecule has 2 aliphatic carbocycles. The van der Waals surface area contributed by atoms with Crippen LogP contribution in [0, 0.1) is 11.3 Å². The second kappa shape index (κ2) is 4.66. The summed E-state index contributed by atoms with van der Waals surface area (Å²) in [5.74, 6) is 0.482. The van der Waals surface area contributed by atoms with Crippen LogP contribution in [0.3, 0.4) is 0 Å². The molecule has 4 heteroatoms. The van der Waals surface area contributed by atoms with E-state index in [-0.39, 0.29) is 23.0 Å². The van der Waals surface area contributed by atoms with Gasteiger partial charge in [0, 0.05) is 29.8 Å². The number of ketones is 1. The van der Waals surface area contributed by atoms with Crippen molar-refractivity contribution in [3.05, 3.63) is 34.7 Å². The van der Waals surface area contributed by atoms with Crippen LogP contribution in [0.4, 0.5) is 0 Å². The molecule has 1 unspecified atom stereocenters. The molecule has 1 fully saturated rings. The average molecular weight is 298 g/mol. The Morgan fingerprint density at radius 3 is 2.59 bits per heavy atom. The number of carbonyl (C=O) groups is 2. The molecule has 0 aromatic heterocycles. The van der Waals surface area contributed by atoms with Gasteiger partial charge >= 0.3 is 0 Å². The van der Waals surface area contributed by atoms with Crippen LogP contribution in [0.5, 0.6) is 0 Å². The van der Waals surface area contributed by atoms with E-state index in [0.29, 0.717) is 0 Å². The molecule has 0 radical (unpaired) electrons. The third-order valence-corrected chi connectivity index (χ3v) is 6.01. The van der Waals surface area contributed by atoms with E-state index in [4.69, 9.17) is 0 Å². The summed E-state index contributed by atoms with van der Waals surface area (Å²) in [6.07, 6.45) is 7.47. The summed E-state index contributed by atoms with van der Waals surface area (Å²) in [5, 5.41) is 3.34. The van der Waals surface area contributed by atoms with Crippen LogP contribution in [0.15, 0.2) is 34.7 Å². The van der Waals surface area contributed by atoms with Gasteiger partial charge in [0.25, 0.3) is 0 Å². The van der Waals surface area contributed by atoms with Crippen molar-refractivity contribution in [3.63, 3.8) is 0 Å². The monoisotopic (exact) mass is 298 g/mol. The molecule has 1 N–H and O–H groups in total. The van der Waals surface area contributed by atoms with E-state index in [9.17, 15) is 9.59 Å². The van der Waals surface area contributed by atoms with E-state index in [2.05, 4.69) is 18.3 Å². The third-order valence-electron chi connectivity index (χ3n) is 6.01. The molecule has 1 atom stereocenters. The van der Waals surface area contributed by atoms with Gasteiger partial charge in [0.15, 0.2) is 5.78 Å². The third kappa shape index (κ3) is 1.67. The molecule has 2 aliphatic heterocycles. The predicted molar refractivity (Wildman–Crippen MR) is 83.7 cm³/mol. The van der Waals surface area contributed by atoms with Crippen molar-refractivity contribution in [2.24, 2.45) is 11.3 Å². The fraction of sp³-hybridized carbons (Fsp3) is 0.556. The standard InChI is InChI=1S/C18H22N2O2/c1-11-10-20(17(22)18(11)5-7-19-8-6-18)15-9-13-3-4-14(13)16(21)12(15)2/h3,10,14,19H,4-9H2,1-2H3. The fourth-order valence-corrected chi connectivity index (χ4v) is 4.31. The Kier molecular flexibility index (Phi) is 2.95. The van der Waals surface area contributed by atoms with Crippen molar-refractivity contribution in [3.8, 4) is 0 Å². The van der Waals surface area contributed by atoms with Crippen molar-refractivity contribution in [2.45, 2.75) is 39.5 Å². The van der Waals surface area contributed by atoms with Gasteiger partial charge in [0.05, 0.1) is 5.41 Å². The van der Waals surface area contributed by atoms with E-state index in [1.54, 1.807) is 4.90 Å². The van der Waals surface area contributed by atoms with Gasteiger partial charge in [-0.15, -0.1) is 0 Å². The van der Waals surface area contributed by atoms with Gasteiger partial charge in [-0.3, -0.25) is 14.5 Å². The van der Waals surface area contributed by atoms with Gasteiger partial charge < -0.3 is 5.32 Å². The van der Waals surface area contributed by atoms with E-state index in [1.165, 1.54) is 5.57 Å². The Hall–Kier alpha value is -1.68. The summed E-state index contributed by atoms with van der Waals surface area (Å²) in [7, 11) is 0. The maximum atomic E-state index is 13.1. The van der Waals surface area contributed by atoms with Crippen LogP contribution in [0.1, 0.15) is 39.5 Å². The fourth-order valence-electron chi connectivity index (χ4n) is 4.31. The zero-order chi connectivity index (χ0) is 15.5. The highest BCUT2D eigenvalue weighted by atomic mass is 16.2. The number of rotatable bonds is 1. The first-order valence-electron chi connectivity index (χ1n) is 8.21. The van der Waals surface area contributed by atoms with E-state index in [1.807, 2.05) is 13.1 Å². The first-order valence-corrected chi connectivity index (χ1v) is 8.21. The summed E-state index contributed by atoms with van der Waals surface area (Å²) in [6.45, 7) is 5.72. The molecule has 1 saturated heterocycles. The number of fused-ring (bicyclic) bond motifs is 1. The zero-order valence-electron chi connectivity index (χ0n) is 13.2. The molecule has 4 aliphatic rings. The molecule has 2 heterocycles. The highest BCUT2D eigenvalue weighted by Gasteiger charge is 2.49. The number of hydrogen-bond donors (Lipinski definition) is 1. The van der Waals surface area contributed by atoms with Crippen molar-refractivity contribution in [2.75, 3.05) is 13.1 Å². The normalized spacial score (nSPS) is 30.3. The number of allylic oxidation sites excluding steroid dienone is 3. The SMILES string of the molecule is CC1=CN(C2=C(C)C(=O)C3CC=C3C2)C(=O)C12CCNCC2. The largest absolute Gasteiger partial charge is 0.317 e. The van der Waals surface area contributed by atoms with Gasteiger partial charge in [-0.05, 0) is 51.8 Å². The molecule has 0 aromatic rings. The molecule has 116 valence electrons. The summed E-state index contributed by atoms with van der Waals surface area (Å²) < 4.78 is 0. The lowest BCUT2D eigenvalue weighted by Crippen LogP contribution is -2.45. The molecule has 0 saturated carbocycles. The van der Waals surface area contributed by atoms with Crippen LogP contribution in [0.2, 0.25) is 0 Å². The van der Waals surface area contributed by atoms with Gasteiger partial charge in [-0.2, -0.15) is 0 Å². The lowest BCUT2D eigenvalue weighted by Gasteiger charge is -2.38. The number of carbonyl (C=O) groups excluding carboxylic acids is 2. The zero-order valence-corrected chi connectivity index (χ0v) is 13.2. The maximum Gasteiger partial charge on any atom is 0.241 e. The highest BCUT2D eigenvalue weighted by molar-refractivity contribution is 6.03. The Balaban J connectivity index is 1.71. The molecule has 22 heavy (non-hydrogen) atoms. The van der Waals surface area contributed by atoms with Gasteiger partial charge in [0.1, 0.15) is 0 Å². The van der Waals surface area contributed by atoms with Crippen molar-refractivity contribution < 1.29 is 9.59 Å². The van der Waals surface area contributed by atoms with Crippen LogP contribution in [0.25, 0.3) is 0 Å². The van der Waals surface area contributed by atoms with Crippen LogP contribution in [-0.2, 0) is 9.59 Å². The number of hydrogen-bond acceptors (Lipinski definition) is 3.